The molecule has 1 aliphatic rings. The molecule has 3 N–H and O–H groups in total. The van der Waals surface area contributed by atoms with Crippen LogP contribution in [0.15, 0.2) is 23.0 Å². The lowest BCUT2D eigenvalue weighted by Crippen LogP contribution is -2.41. The first-order valence-electron chi connectivity index (χ1n) is 12.3. The summed E-state index contributed by atoms with van der Waals surface area (Å²) in [5.41, 5.74) is 5.35. The van der Waals surface area contributed by atoms with Crippen LogP contribution in [0.5, 0.6) is 5.75 Å². The molecule has 1 amide bonds. The number of likely N-dealkylation sites (tertiary alicyclic amines) is 1. The number of benzene rings is 1. The zero-order valence-electron chi connectivity index (χ0n) is 20.6. The predicted molar refractivity (Wildman–Crippen MR) is 133 cm³/mol. The van der Waals surface area contributed by atoms with Crippen molar-refractivity contribution in [2.24, 2.45) is 13.0 Å². The quantitative estimate of drug-likeness (QED) is 0.316. The molecule has 3 heterocycles. The predicted octanol–water partition coefficient (Wildman–Crippen LogP) is 2.43. The molecule has 0 aliphatic carbocycles. The van der Waals surface area contributed by atoms with E-state index in [4.69, 9.17) is 14.9 Å². The number of piperidine rings is 1. The van der Waals surface area contributed by atoms with Gasteiger partial charge in [-0.15, -0.1) is 0 Å². The molecule has 2 aromatic heterocycles. The zero-order chi connectivity index (χ0) is 24.9. The van der Waals surface area contributed by atoms with E-state index in [1.54, 1.807) is 17.2 Å². The highest BCUT2D eigenvalue weighted by Crippen LogP contribution is 2.31. The van der Waals surface area contributed by atoms with E-state index in [1.165, 1.54) is 0 Å². The first kappa shape index (κ1) is 24.9. The summed E-state index contributed by atoms with van der Waals surface area (Å²) < 4.78 is 7.49. The number of aryl methyl sites for hydroxylation is 2. The number of nitrogens with zero attached hydrogens (tertiary/aromatic N) is 4. The fourth-order valence-corrected chi connectivity index (χ4v) is 4.87. The fraction of sp³-hybridized carbons (Fsp3) is 0.520. The Balaban J connectivity index is 1.61. The molecule has 0 bridgehead atoms. The molecule has 0 radical (unpaired) electrons. The van der Waals surface area contributed by atoms with E-state index in [0.29, 0.717) is 35.1 Å². The number of hydrogen-bond donors (Lipinski definition) is 3. The molecule has 1 saturated heterocycles. The molecule has 10 nitrogen and oxygen atoms in total. The van der Waals surface area contributed by atoms with Gasteiger partial charge in [-0.25, -0.2) is 10.5 Å². The smallest absolute Gasteiger partial charge is 0.277 e. The van der Waals surface area contributed by atoms with Gasteiger partial charge in [-0.3, -0.25) is 24.4 Å². The third-order valence-corrected chi connectivity index (χ3v) is 6.57. The molecular formula is C25H34N6O4. The highest BCUT2D eigenvalue weighted by molar-refractivity contribution is 5.80. The first-order valence-corrected chi connectivity index (χ1v) is 12.3. The number of carbonyl (C=O) groups is 1. The fourth-order valence-electron chi connectivity index (χ4n) is 4.87. The molecular weight excluding hydrogens is 448 g/mol. The van der Waals surface area contributed by atoms with Gasteiger partial charge in [-0.05, 0) is 69.3 Å². The summed E-state index contributed by atoms with van der Waals surface area (Å²) in [6.07, 6.45) is 4.50. The topological polar surface area (TPSA) is 125 Å². The zero-order valence-corrected chi connectivity index (χ0v) is 20.6. The van der Waals surface area contributed by atoms with Gasteiger partial charge >= 0.3 is 0 Å². The lowest BCUT2D eigenvalue weighted by molar-refractivity contribution is -0.130. The van der Waals surface area contributed by atoms with E-state index in [-0.39, 0.29) is 18.0 Å². The van der Waals surface area contributed by atoms with E-state index < -0.39 is 0 Å². The lowest BCUT2D eigenvalue weighted by atomic mass is 9.89. The van der Waals surface area contributed by atoms with Crippen LogP contribution in [0.4, 0.5) is 0 Å². The number of nitrogens with one attached hydrogen (secondary N) is 2. The summed E-state index contributed by atoms with van der Waals surface area (Å²) in [6.45, 7) is 6.36. The highest BCUT2D eigenvalue weighted by Gasteiger charge is 2.22. The number of hydrogen-bond acceptors (Lipinski definition) is 7. The minimum Gasteiger partial charge on any atom is -0.493 e. The van der Waals surface area contributed by atoms with Gasteiger partial charge in [-0.1, -0.05) is 19.4 Å². The van der Waals surface area contributed by atoms with Gasteiger partial charge in [0.25, 0.3) is 11.5 Å². The second-order valence-electron chi connectivity index (χ2n) is 9.15. The molecule has 0 unspecified atom stereocenters. The van der Waals surface area contributed by atoms with Crippen LogP contribution >= 0.6 is 0 Å². The van der Waals surface area contributed by atoms with Crippen molar-refractivity contribution >= 4 is 16.9 Å². The van der Waals surface area contributed by atoms with E-state index in [1.807, 2.05) is 13.0 Å². The van der Waals surface area contributed by atoms with Gasteiger partial charge in [0, 0.05) is 7.05 Å². The minimum absolute atomic E-state index is 0.213. The maximum Gasteiger partial charge on any atom is 0.277 e. The molecule has 1 fully saturated rings. The van der Waals surface area contributed by atoms with Crippen molar-refractivity contribution in [3.05, 3.63) is 39.8 Å². The third-order valence-electron chi connectivity index (χ3n) is 6.57. The monoisotopic (exact) mass is 482 g/mol. The van der Waals surface area contributed by atoms with Crippen LogP contribution < -0.4 is 15.8 Å². The minimum atomic E-state index is -0.381. The molecule has 1 aliphatic heterocycles. The van der Waals surface area contributed by atoms with E-state index in [9.17, 15) is 9.59 Å². The second kappa shape index (κ2) is 11.0. The maximum atomic E-state index is 13.0. The van der Waals surface area contributed by atoms with Crippen LogP contribution in [0.3, 0.4) is 0 Å². The van der Waals surface area contributed by atoms with Crippen LogP contribution in [0, 0.1) is 5.92 Å². The number of ether oxygens (including phenoxy) is 1. The molecule has 0 spiro atoms. The summed E-state index contributed by atoms with van der Waals surface area (Å²) in [5.74, 6) is 1.28. The number of aromatic amines is 1. The first-order chi connectivity index (χ1) is 16.9. The summed E-state index contributed by atoms with van der Waals surface area (Å²) >= 11 is 0. The molecule has 0 atom stereocenters. The second-order valence-corrected chi connectivity index (χ2v) is 9.15. The Morgan fingerprint density at radius 3 is 2.74 bits per heavy atom. The Hall–Kier alpha value is -3.24. The number of amides is 1. The Labute approximate surface area is 204 Å². The molecule has 35 heavy (non-hydrogen) atoms. The Morgan fingerprint density at radius 2 is 2.06 bits per heavy atom. The van der Waals surface area contributed by atoms with Gasteiger partial charge in [0.15, 0.2) is 5.52 Å². The molecule has 0 saturated carbocycles. The maximum absolute atomic E-state index is 13.0. The van der Waals surface area contributed by atoms with Crippen LogP contribution in [-0.2, 0) is 24.7 Å². The van der Waals surface area contributed by atoms with E-state index >= 15 is 0 Å². The average Bonchev–Trinajstić information content (AvgIpc) is 3.17. The number of rotatable bonds is 9. The van der Waals surface area contributed by atoms with Gasteiger partial charge in [-0.2, -0.15) is 5.10 Å². The van der Waals surface area contributed by atoms with Crippen molar-refractivity contribution in [2.45, 2.75) is 46.0 Å². The van der Waals surface area contributed by atoms with Gasteiger partial charge in [0.2, 0.25) is 0 Å². The molecule has 1 aromatic carbocycles. The molecule has 10 heteroatoms. The average molecular weight is 483 g/mol. The van der Waals surface area contributed by atoms with Gasteiger partial charge < -0.3 is 9.72 Å². The number of fused-ring (bicyclic) bond motifs is 1. The normalized spacial score (nSPS) is 15.0. The number of carbonyl (C=O) groups excluding carboxylic acids is 1. The highest BCUT2D eigenvalue weighted by atomic mass is 16.5. The van der Waals surface area contributed by atoms with Crippen LogP contribution in [0.1, 0.15) is 44.4 Å². The largest absolute Gasteiger partial charge is 0.493 e. The van der Waals surface area contributed by atoms with Crippen LogP contribution in [0.25, 0.3) is 22.4 Å². The molecule has 4 rings (SSSR count). The van der Waals surface area contributed by atoms with Crippen molar-refractivity contribution < 1.29 is 14.7 Å². The Bertz CT molecular complexity index is 1240. The Kier molecular flexibility index (Phi) is 7.82. The van der Waals surface area contributed by atoms with Crippen molar-refractivity contribution in [2.75, 3.05) is 26.2 Å². The number of hydroxylamine groups is 1. The third kappa shape index (κ3) is 5.54. The molecule has 3 aromatic rings. The van der Waals surface area contributed by atoms with Gasteiger partial charge in [0.05, 0.1) is 24.4 Å². The van der Waals surface area contributed by atoms with Crippen molar-refractivity contribution in [1.82, 2.24) is 30.1 Å². The van der Waals surface area contributed by atoms with Crippen molar-refractivity contribution in [3.8, 4) is 17.1 Å². The summed E-state index contributed by atoms with van der Waals surface area (Å²) in [5, 5.41) is 13.3. The van der Waals surface area contributed by atoms with Crippen LogP contribution in [0.2, 0.25) is 0 Å². The summed E-state index contributed by atoms with van der Waals surface area (Å²) in [4.78, 5) is 34.2. The van der Waals surface area contributed by atoms with Crippen molar-refractivity contribution in [1.29, 1.82) is 0 Å². The van der Waals surface area contributed by atoms with Crippen LogP contribution in [-0.4, -0.2) is 62.0 Å². The van der Waals surface area contributed by atoms with E-state index in [0.717, 1.165) is 62.0 Å². The van der Waals surface area contributed by atoms with E-state index in [2.05, 4.69) is 34.0 Å². The SMILES string of the molecule is CCCc1nn(C)c2c(=O)[nH]c(-c3cc(CC4CCN(CC(=O)NO)CC4)ccc3OCC)nc12. The number of H-pyrrole nitrogens is 1. The molecule has 188 valence electrons. The number of aromatic nitrogens is 4. The summed E-state index contributed by atoms with van der Waals surface area (Å²) in [6, 6.07) is 6.09. The Morgan fingerprint density at radius 1 is 1.29 bits per heavy atom. The standard InChI is InChI=1S/C25H34N6O4/c1-4-6-19-22-23(30(3)28-19)25(33)27-24(26-22)18-14-17(7-8-20(18)35-5-2)13-16-9-11-31(12-10-16)15-21(32)29-34/h7-8,14,16,34H,4-6,9-13,15H2,1-3H3,(H,29,32)(H,26,27,33). The lowest BCUT2D eigenvalue weighted by Gasteiger charge is -2.31. The summed E-state index contributed by atoms with van der Waals surface area (Å²) in [7, 11) is 1.77. The van der Waals surface area contributed by atoms with Crippen molar-refractivity contribution in [3.63, 3.8) is 0 Å². The van der Waals surface area contributed by atoms with Gasteiger partial charge in [0.1, 0.15) is 17.1 Å².